The fourth-order valence-electron chi connectivity index (χ4n) is 2.48. The summed E-state index contributed by atoms with van der Waals surface area (Å²) in [5.74, 6) is 1.12. The summed E-state index contributed by atoms with van der Waals surface area (Å²) < 4.78 is 31.0. The average Bonchev–Trinajstić information content (AvgIpc) is 2.96. The Morgan fingerprint density at radius 1 is 1.22 bits per heavy atom. The summed E-state index contributed by atoms with van der Waals surface area (Å²) in [6, 6.07) is 0. The standard InChI is InChI=1S/C14H24N4O4S/c1-3-4-11-23(20,21)18-9-7-17(8-10-18)14(19)6-5-13-16-15-12(2)22-13/h3-11H2,1-2H3. The van der Waals surface area contributed by atoms with E-state index in [1.165, 1.54) is 4.31 Å². The topological polar surface area (TPSA) is 96.6 Å². The zero-order chi connectivity index (χ0) is 16.9. The van der Waals surface area contributed by atoms with Crippen molar-refractivity contribution in [3.63, 3.8) is 0 Å². The minimum Gasteiger partial charge on any atom is -0.426 e. The lowest BCUT2D eigenvalue weighted by Crippen LogP contribution is -2.51. The van der Waals surface area contributed by atoms with Gasteiger partial charge in [0, 0.05) is 45.9 Å². The highest BCUT2D eigenvalue weighted by Crippen LogP contribution is 2.12. The van der Waals surface area contributed by atoms with Crippen LogP contribution in [0.2, 0.25) is 0 Å². The number of sulfonamides is 1. The summed E-state index contributed by atoms with van der Waals surface area (Å²) in [7, 11) is -3.19. The van der Waals surface area contributed by atoms with E-state index in [-0.39, 0.29) is 11.7 Å². The van der Waals surface area contributed by atoms with Crippen molar-refractivity contribution in [2.24, 2.45) is 0 Å². The molecule has 0 radical (unpaired) electrons. The Balaban J connectivity index is 1.78. The predicted octanol–water partition coefficient (Wildman–Crippen LogP) is 0.585. The molecule has 0 unspecified atom stereocenters. The van der Waals surface area contributed by atoms with E-state index in [0.717, 1.165) is 6.42 Å². The van der Waals surface area contributed by atoms with Crippen molar-refractivity contribution < 1.29 is 17.6 Å². The van der Waals surface area contributed by atoms with Crippen LogP contribution in [-0.4, -0.2) is 65.7 Å². The lowest BCUT2D eigenvalue weighted by Gasteiger charge is -2.34. The highest BCUT2D eigenvalue weighted by molar-refractivity contribution is 7.89. The summed E-state index contributed by atoms with van der Waals surface area (Å²) in [6.45, 7) is 5.29. The first-order valence-corrected chi connectivity index (χ1v) is 9.58. The molecule has 0 aromatic carbocycles. The minimum absolute atomic E-state index is 0.00791. The fraction of sp³-hybridized carbons (Fsp3) is 0.786. The van der Waals surface area contributed by atoms with Crippen LogP contribution in [-0.2, 0) is 21.2 Å². The van der Waals surface area contributed by atoms with Gasteiger partial charge in [0.25, 0.3) is 0 Å². The first-order valence-electron chi connectivity index (χ1n) is 7.97. The van der Waals surface area contributed by atoms with E-state index in [4.69, 9.17) is 4.42 Å². The van der Waals surface area contributed by atoms with Crippen LogP contribution in [0.4, 0.5) is 0 Å². The quantitative estimate of drug-likeness (QED) is 0.718. The van der Waals surface area contributed by atoms with Gasteiger partial charge in [0.05, 0.1) is 5.75 Å². The molecule has 0 saturated carbocycles. The molecule has 130 valence electrons. The molecule has 0 aliphatic carbocycles. The van der Waals surface area contributed by atoms with Gasteiger partial charge >= 0.3 is 0 Å². The van der Waals surface area contributed by atoms with Crippen LogP contribution in [0, 0.1) is 6.92 Å². The molecule has 0 atom stereocenters. The molecule has 9 heteroatoms. The molecule has 1 aromatic rings. The Labute approximate surface area is 136 Å². The van der Waals surface area contributed by atoms with Gasteiger partial charge in [0.2, 0.25) is 27.7 Å². The number of aromatic nitrogens is 2. The van der Waals surface area contributed by atoms with Gasteiger partial charge in [-0.2, -0.15) is 4.31 Å². The van der Waals surface area contributed by atoms with Gasteiger partial charge < -0.3 is 9.32 Å². The number of hydrogen-bond acceptors (Lipinski definition) is 6. The van der Waals surface area contributed by atoms with Crippen LogP contribution < -0.4 is 0 Å². The third-order valence-corrected chi connectivity index (χ3v) is 5.82. The summed E-state index contributed by atoms with van der Waals surface area (Å²) in [5.41, 5.74) is 0. The van der Waals surface area contributed by atoms with Crippen LogP contribution in [0.3, 0.4) is 0 Å². The summed E-state index contributed by atoms with van der Waals surface area (Å²) in [4.78, 5) is 13.9. The van der Waals surface area contributed by atoms with Gasteiger partial charge in [-0.15, -0.1) is 10.2 Å². The minimum atomic E-state index is -3.19. The van der Waals surface area contributed by atoms with Crippen LogP contribution >= 0.6 is 0 Å². The monoisotopic (exact) mass is 344 g/mol. The van der Waals surface area contributed by atoms with Crippen LogP contribution in [0.15, 0.2) is 4.42 Å². The highest BCUT2D eigenvalue weighted by atomic mass is 32.2. The van der Waals surface area contributed by atoms with Gasteiger partial charge in [-0.25, -0.2) is 8.42 Å². The Hall–Kier alpha value is -1.48. The molecule has 2 rings (SSSR count). The van der Waals surface area contributed by atoms with E-state index >= 15 is 0 Å². The number of aryl methyl sites for hydroxylation is 2. The number of amides is 1. The molecule has 1 amide bonds. The molecule has 0 spiro atoms. The smallest absolute Gasteiger partial charge is 0.223 e. The molecule has 1 aliphatic rings. The third-order valence-electron chi connectivity index (χ3n) is 3.86. The third kappa shape index (κ3) is 5.00. The van der Waals surface area contributed by atoms with Crippen molar-refractivity contribution in [2.45, 2.75) is 39.5 Å². The highest BCUT2D eigenvalue weighted by Gasteiger charge is 2.28. The van der Waals surface area contributed by atoms with E-state index in [2.05, 4.69) is 10.2 Å². The van der Waals surface area contributed by atoms with Crippen molar-refractivity contribution in [3.8, 4) is 0 Å². The van der Waals surface area contributed by atoms with E-state index in [9.17, 15) is 13.2 Å². The zero-order valence-electron chi connectivity index (χ0n) is 13.7. The number of carbonyl (C=O) groups excluding carboxylic acids is 1. The maximum atomic E-state index is 12.2. The number of piperazine rings is 1. The van der Waals surface area contributed by atoms with Crippen molar-refractivity contribution in [1.82, 2.24) is 19.4 Å². The Morgan fingerprint density at radius 3 is 2.48 bits per heavy atom. The molecule has 23 heavy (non-hydrogen) atoms. The summed E-state index contributed by atoms with van der Waals surface area (Å²) in [5, 5.41) is 7.58. The number of nitrogens with zero attached hydrogens (tertiary/aromatic N) is 4. The van der Waals surface area contributed by atoms with Gasteiger partial charge in [0.15, 0.2) is 0 Å². The van der Waals surface area contributed by atoms with Crippen LogP contribution in [0.5, 0.6) is 0 Å². The largest absolute Gasteiger partial charge is 0.426 e. The lowest BCUT2D eigenvalue weighted by atomic mass is 10.2. The number of unbranched alkanes of at least 4 members (excludes halogenated alkanes) is 1. The fourth-order valence-corrected chi connectivity index (χ4v) is 4.11. The van der Waals surface area contributed by atoms with Crippen molar-refractivity contribution in [2.75, 3.05) is 31.9 Å². The second-order valence-electron chi connectivity index (χ2n) is 5.66. The Kier molecular flexibility index (Phi) is 6.11. The second kappa shape index (κ2) is 7.87. The molecule has 0 N–H and O–H groups in total. The maximum absolute atomic E-state index is 12.2. The summed E-state index contributed by atoms with van der Waals surface area (Å²) >= 11 is 0. The van der Waals surface area contributed by atoms with Gasteiger partial charge in [-0.05, 0) is 6.42 Å². The van der Waals surface area contributed by atoms with E-state index in [0.29, 0.717) is 57.2 Å². The number of carbonyl (C=O) groups is 1. The van der Waals surface area contributed by atoms with Gasteiger partial charge in [-0.1, -0.05) is 13.3 Å². The van der Waals surface area contributed by atoms with E-state index < -0.39 is 10.0 Å². The van der Waals surface area contributed by atoms with Gasteiger partial charge in [-0.3, -0.25) is 4.79 Å². The normalized spacial score (nSPS) is 16.7. The van der Waals surface area contributed by atoms with Crippen LogP contribution in [0.25, 0.3) is 0 Å². The number of rotatable bonds is 7. The predicted molar refractivity (Wildman–Crippen MR) is 84.2 cm³/mol. The lowest BCUT2D eigenvalue weighted by molar-refractivity contribution is -0.132. The molecule has 1 fully saturated rings. The molecule has 1 aliphatic heterocycles. The van der Waals surface area contributed by atoms with Gasteiger partial charge in [0.1, 0.15) is 0 Å². The zero-order valence-corrected chi connectivity index (χ0v) is 14.5. The average molecular weight is 344 g/mol. The SMILES string of the molecule is CCCCS(=O)(=O)N1CCN(C(=O)CCc2nnc(C)o2)CC1. The molecule has 8 nitrogen and oxygen atoms in total. The first-order chi connectivity index (χ1) is 10.9. The second-order valence-corrected chi connectivity index (χ2v) is 7.75. The molecule has 2 heterocycles. The Bertz CT molecular complexity index is 620. The van der Waals surface area contributed by atoms with E-state index in [1.807, 2.05) is 6.92 Å². The summed E-state index contributed by atoms with van der Waals surface area (Å²) in [6.07, 6.45) is 2.23. The van der Waals surface area contributed by atoms with E-state index in [1.54, 1.807) is 11.8 Å². The van der Waals surface area contributed by atoms with Crippen molar-refractivity contribution in [1.29, 1.82) is 0 Å². The first kappa shape index (κ1) is 17.9. The van der Waals surface area contributed by atoms with Crippen molar-refractivity contribution in [3.05, 3.63) is 11.8 Å². The molecule has 1 aromatic heterocycles. The molecule has 1 saturated heterocycles. The molecular formula is C14H24N4O4S. The Morgan fingerprint density at radius 2 is 1.91 bits per heavy atom. The molecular weight excluding hydrogens is 320 g/mol. The van der Waals surface area contributed by atoms with Crippen LogP contribution in [0.1, 0.15) is 38.0 Å². The molecule has 0 bridgehead atoms. The van der Waals surface area contributed by atoms with Crippen molar-refractivity contribution >= 4 is 15.9 Å². The number of hydrogen-bond donors (Lipinski definition) is 0. The maximum Gasteiger partial charge on any atom is 0.223 e.